The predicted molar refractivity (Wildman–Crippen MR) is 94.8 cm³/mol. The van der Waals surface area contributed by atoms with E-state index < -0.39 is 15.8 Å². The Kier molecular flexibility index (Phi) is 4.47. The van der Waals surface area contributed by atoms with Crippen molar-refractivity contribution in [1.29, 1.82) is 0 Å². The minimum absolute atomic E-state index is 0.0327. The lowest BCUT2D eigenvalue weighted by molar-refractivity contribution is 0.0330. The lowest BCUT2D eigenvalue weighted by Crippen LogP contribution is -2.36. The number of imidazole rings is 1. The third kappa shape index (κ3) is 3.11. The number of morpholine rings is 1. The second-order valence-corrected chi connectivity index (χ2v) is 7.92. The van der Waals surface area contributed by atoms with Crippen LogP contribution in [0, 0.1) is 5.82 Å². The highest BCUT2D eigenvalue weighted by Gasteiger charge is 2.25. The number of hydrogen-bond donors (Lipinski definition) is 0. The van der Waals surface area contributed by atoms with Gasteiger partial charge in [-0.05, 0) is 36.4 Å². The maximum absolute atomic E-state index is 13.2. The Labute approximate surface area is 150 Å². The average Bonchev–Trinajstić information content (AvgIpc) is 3.01. The van der Waals surface area contributed by atoms with E-state index in [0.29, 0.717) is 36.6 Å². The van der Waals surface area contributed by atoms with E-state index in [1.165, 1.54) is 16.1 Å². The summed E-state index contributed by atoms with van der Waals surface area (Å²) in [5.74, 6) is -0.0367. The Bertz CT molecular complexity index is 1030. The zero-order valence-corrected chi connectivity index (χ0v) is 14.8. The number of para-hydroxylation sites is 2. The molecule has 0 amide bonds. The molecule has 6 nitrogen and oxygen atoms in total. The fraction of sp³-hybridized carbons (Fsp3) is 0.278. The first-order chi connectivity index (χ1) is 12.6. The molecule has 1 fully saturated rings. The van der Waals surface area contributed by atoms with Crippen molar-refractivity contribution in [2.45, 2.75) is 11.4 Å². The lowest BCUT2D eigenvalue weighted by atomic mass is 10.3. The molecule has 4 rings (SSSR count). The quantitative estimate of drug-likeness (QED) is 0.700. The maximum atomic E-state index is 13.2. The molecule has 1 aliphatic rings. The largest absolute Gasteiger partial charge is 0.379 e. The molecule has 2 aromatic carbocycles. The summed E-state index contributed by atoms with van der Waals surface area (Å²) in [6, 6.07) is 12.0. The van der Waals surface area contributed by atoms with Crippen molar-refractivity contribution in [3.05, 3.63) is 60.2 Å². The van der Waals surface area contributed by atoms with Crippen LogP contribution in [0.2, 0.25) is 0 Å². The minimum atomic E-state index is -3.89. The van der Waals surface area contributed by atoms with Crippen molar-refractivity contribution in [3.8, 4) is 0 Å². The Hall–Kier alpha value is -2.29. The Morgan fingerprint density at radius 3 is 2.46 bits per heavy atom. The van der Waals surface area contributed by atoms with Gasteiger partial charge in [0, 0.05) is 13.1 Å². The van der Waals surface area contributed by atoms with E-state index in [4.69, 9.17) is 4.74 Å². The number of rotatable bonds is 4. The molecule has 1 saturated heterocycles. The highest BCUT2D eigenvalue weighted by atomic mass is 32.2. The van der Waals surface area contributed by atoms with Crippen molar-refractivity contribution in [3.63, 3.8) is 0 Å². The Morgan fingerprint density at radius 2 is 1.73 bits per heavy atom. The monoisotopic (exact) mass is 375 g/mol. The summed E-state index contributed by atoms with van der Waals surface area (Å²) < 4.78 is 46.3. The van der Waals surface area contributed by atoms with Gasteiger partial charge in [0.05, 0.1) is 35.7 Å². The van der Waals surface area contributed by atoms with E-state index in [-0.39, 0.29) is 4.90 Å². The molecule has 0 atom stereocenters. The van der Waals surface area contributed by atoms with Gasteiger partial charge in [-0.1, -0.05) is 12.1 Å². The molecule has 2 heterocycles. The molecular weight excluding hydrogens is 357 g/mol. The summed E-state index contributed by atoms with van der Waals surface area (Å²) in [6.07, 6.45) is 0. The molecule has 136 valence electrons. The van der Waals surface area contributed by atoms with Gasteiger partial charge in [0.2, 0.25) is 0 Å². The molecule has 0 saturated carbocycles. The zero-order valence-electron chi connectivity index (χ0n) is 14.0. The molecule has 0 bridgehead atoms. The second kappa shape index (κ2) is 6.79. The third-order valence-electron chi connectivity index (χ3n) is 4.41. The molecule has 0 N–H and O–H groups in total. The third-order valence-corrected chi connectivity index (χ3v) is 6.16. The molecular formula is C18H18FN3O3S. The zero-order chi connectivity index (χ0) is 18.1. The van der Waals surface area contributed by atoms with Crippen LogP contribution in [0.5, 0.6) is 0 Å². The van der Waals surface area contributed by atoms with Crippen LogP contribution in [-0.2, 0) is 21.3 Å². The summed E-state index contributed by atoms with van der Waals surface area (Å²) in [4.78, 5) is 6.69. The van der Waals surface area contributed by atoms with Crippen LogP contribution in [-0.4, -0.2) is 48.6 Å². The Morgan fingerprint density at radius 1 is 1.04 bits per heavy atom. The van der Waals surface area contributed by atoms with Gasteiger partial charge in [-0.2, -0.15) is 0 Å². The fourth-order valence-electron chi connectivity index (χ4n) is 3.09. The van der Waals surface area contributed by atoms with Crippen LogP contribution in [0.1, 0.15) is 5.82 Å². The van der Waals surface area contributed by atoms with Crippen LogP contribution in [0.15, 0.2) is 53.4 Å². The average molecular weight is 375 g/mol. The van der Waals surface area contributed by atoms with Gasteiger partial charge in [-0.3, -0.25) is 4.90 Å². The van der Waals surface area contributed by atoms with Crippen molar-refractivity contribution in [1.82, 2.24) is 13.9 Å². The van der Waals surface area contributed by atoms with E-state index in [1.54, 1.807) is 18.2 Å². The number of nitrogens with zero attached hydrogens (tertiary/aromatic N) is 3. The van der Waals surface area contributed by atoms with Crippen molar-refractivity contribution >= 4 is 21.1 Å². The number of aromatic nitrogens is 2. The standard InChI is InChI=1S/C18H18FN3O3S/c19-14-5-7-15(8-6-14)26(23,24)22-17-4-2-1-3-16(17)20-18(22)13-21-9-11-25-12-10-21/h1-8H,9-13H2. The summed E-state index contributed by atoms with van der Waals surface area (Å²) in [5.41, 5.74) is 1.13. The van der Waals surface area contributed by atoms with Crippen LogP contribution in [0.25, 0.3) is 11.0 Å². The maximum Gasteiger partial charge on any atom is 0.269 e. The number of hydrogen-bond acceptors (Lipinski definition) is 5. The Balaban J connectivity index is 1.84. The lowest BCUT2D eigenvalue weighted by Gasteiger charge is -2.26. The van der Waals surface area contributed by atoms with E-state index >= 15 is 0 Å². The smallest absolute Gasteiger partial charge is 0.269 e. The van der Waals surface area contributed by atoms with Gasteiger partial charge in [-0.25, -0.2) is 21.8 Å². The van der Waals surface area contributed by atoms with Gasteiger partial charge in [0.15, 0.2) is 0 Å². The summed E-state index contributed by atoms with van der Waals surface area (Å²) in [7, 11) is -3.89. The molecule has 0 spiro atoms. The van der Waals surface area contributed by atoms with Gasteiger partial charge >= 0.3 is 0 Å². The molecule has 8 heteroatoms. The highest BCUT2D eigenvalue weighted by Crippen LogP contribution is 2.24. The van der Waals surface area contributed by atoms with Crippen molar-refractivity contribution in [2.24, 2.45) is 0 Å². The normalized spacial score (nSPS) is 16.2. The van der Waals surface area contributed by atoms with Crippen LogP contribution < -0.4 is 0 Å². The first-order valence-corrected chi connectivity index (χ1v) is 9.77. The highest BCUT2D eigenvalue weighted by molar-refractivity contribution is 7.90. The molecule has 3 aromatic rings. The number of fused-ring (bicyclic) bond motifs is 1. The summed E-state index contributed by atoms with van der Waals surface area (Å²) in [6.45, 7) is 3.08. The number of ether oxygens (including phenoxy) is 1. The SMILES string of the molecule is O=S(=O)(c1ccc(F)cc1)n1c(CN2CCOCC2)nc2ccccc21. The summed E-state index contributed by atoms with van der Waals surface area (Å²) >= 11 is 0. The van der Waals surface area contributed by atoms with E-state index in [9.17, 15) is 12.8 Å². The van der Waals surface area contributed by atoms with Crippen LogP contribution in [0.4, 0.5) is 4.39 Å². The number of benzene rings is 2. The van der Waals surface area contributed by atoms with Gasteiger partial charge in [0.25, 0.3) is 10.0 Å². The molecule has 0 radical (unpaired) electrons. The predicted octanol–water partition coefficient (Wildman–Crippen LogP) is 2.24. The van der Waals surface area contributed by atoms with E-state index in [0.717, 1.165) is 25.2 Å². The van der Waals surface area contributed by atoms with E-state index in [2.05, 4.69) is 9.88 Å². The minimum Gasteiger partial charge on any atom is -0.379 e. The van der Waals surface area contributed by atoms with Crippen molar-refractivity contribution < 1.29 is 17.5 Å². The van der Waals surface area contributed by atoms with Gasteiger partial charge in [0.1, 0.15) is 11.6 Å². The number of halogens is 1. The molecule has 26 heavy (non-hydrogen) atoms. The van der Waals surface area contributed by atoms with Gasteiger partial charge in [-0.15, -0.1) is 0 Å². The first kappa shape index (κ1) is 17.1. The fourth-order valence-corrected chi connectivity index (χ4v) is 4.57. The van der Waals surface area contributed by atoms with Crippen LogP contribution >= 0.6 is 0 Å². The topological polar surface area (TPSA) is 64.4 Å². The molecule has 0 unspecified atom stereocenters. The molecule has 1 aromatic heterocycles. The van der Waals surface area contributed by atoms with Gasteiger partial charge < -0.3 is 4.74 Å². The van der Waals surface area contributed by atoms with E-state index in [1.807, 2.05) is 6.07 Å². The summed E-state index contributed by atoms with van der Waals surface area (Å²) in [5, 5.41) is 0. The van der Waals surface area contributed by atoms with Crippen LogP contribution in [0.3, 0.4) is 0 Å². The molecule has 1 aliphatic heterocycles. The molecule has 0 aliphatic carbocycles. The second-order valence-electron chi connectivity index (χ2n) is 6.13. The first-order valence-electron chi connectivity index (χ1n) is 8.33. The van der Waals surface area contributed by atoms with Crippen molar-refractivity contribution in [2.75, 3.05) is 26.3 Å².